The molecule has 0 radical (unpaired) electrons. The fraction of sp³-hybridized carbons (Fsp3) is 0.308. The molecule has 1 aromatic heterocycles. The van der Waals surface area contributed by atoms with Crippen molar-refractivity contribution in [1.82, 2.24) is 19.9 Å². The number of hydrogen-bond donors (Lipinski definition) is 1. The summed E-state index contributed by atoms with van der Waals surface area (Å²) >= 11 is 12.1. The number of nitrogens with two attached hydrogens (primary N) is 1. The van der Waals surface area contributed by atoms with Crippen molar-refractivity contribution in [3.63, 3.8) is 0 Å². The third kappa shape index (κ3) is 3.93. The summed E-state index contributed by atoms with van der Waals surface area (Å²) in [4.78, 5) is 13.7. The van der Waals surface area contributed by atoms with E-state index < -0.39 is 0 Å². The number of aromatic nitrogens is 3. The van der Waals surface area contributed by atoms with E-state index in [1.54, 1.807) is 30.3 Å². The lowest BCUT2D eigenvalue weighted by Crippen LogP contribution is -2.30. The molecular formula is C13H15Cl2N5O. The smallest absolute Gasteiger partial charge is 0.244 e. The van der Waals surface area contributed by atoms with Crippen LogP contribution in [0.25, 0.3) is 0 Å². The Balaban J connectivity index is 2.00. The predicted octanol–water partition coefficient (Wildman–Crippen LogP) is 1.70. The summed E-state index contributed by atoms with van der Waals surface area (Å²) < 4.78 is 1.46. The number of amides is 1. The van der Waals surface area contributed by atoms with Gasteiger partial charge >= 0.3 is 0 Å². The van der Waals surface area contributed by atoms with Gasteiger partial charge in [0.1, 0.15) is 6.54 Å². The van der Waals surface area contributed by atoms with Crippen LogP contribution in [0.15, 0.2) is 24.4 Å². The number of rotatable bonds is 5. The number of carbonyl (C=O) groups is 1. The lowest BCUT2D eigenvalue weighted by Gasteiger charge is -2.18. The van der Waals surface area contributed by atoms with Gasteiger partial charge in [0.25, 0.3) is 0 Å². The average Bonchev–Trinajstić information content (AvgIpc) is 2.91. The lowest BCUT2D eigenvalue weighted by atomic mass is 10.2. The normalized spacial score (nSPS) is 10.7. The molecule has 2 aromatic rings. The molecule has 8 heteroatoms. The van der Waals surface area contributed by atoms with Crippen LogP contribution in [0.1, 0.15) is 11.3 Å². The molecule has 1 aromatic carbocycles. The van der Waals surface area contributed by atoms with Crippen LogP contribution in [-0.2, 0) is 24.4 Å². The van der Waals surface area contributed by atoms with Crippen molar-refractivity contribution in [1.29, 1.82) is 0 Å². The van der Waals surface area contributed by atoms with Crippen molar-refractivity contribution in [2.24, 2.45) is 5.73 Å². The molecule has 0 aliphatic carbocycles. The fourth-order valence-electron chi connectivity index (χ4n) is 1.78. The van der Waals surface area contributed by atoms with Gasteiger partial charge in [-0.05, 0) is 11.6 Å². The number of benzene rings is 1. The molecule has 2 rings (SSSR count). The van der Waals surface area contributed by atoms with Crippen molar-refractivity contribution in [2.75, 3.05) is 7.05 Å². The van der Waals surface area contributed by atoms with Gasteiger partial charge in [0, 0.05) is 20.1 Å². The highest BCUT2D eigenvalue weighted by Crippen LogP contribution is 2.26. The van der Waals surface area contributed by atoms with E-state index in [0.717, 1.165) is 5.56 Å². The van der Waals surface area contributed by atoms with Crippen LogP contribution in [0, 0.1) is 0 Å². The summed E-state index contributed by atoms with van der Waals surface area (Å²) in [6, 6.07) is 5.34. The van der Waals surface area contributed by atoms with Gasteiger partial charge in [0.15, 0.2) is 0 Å². The van der Waals surface area contributed by atoms with Gasteiger partial charge in [-0.15, -0.1) is 5.10 Å². The minimum Gasteiger partial charge on any atom is -0.340 e. The molecule has 1 heterocycles. The fourth-order valence-corrected chi connectivity index (χ4v) is 2.16. The second-order valence-corrected chi connectivity index (χ2v) is 5.36. The van der Waals surface area contributed by atoms with Crippen LogP contribution in [0.3, 0.4) is 0 Å². The Morgan fingerprint density at radius 1 is 1.43 bits per heavy atom. The molecule has 0 saturated heterocycles. The number of halogens is 2. The minimum absolute atomic E-state index is 0.0989. The van der Waals surface area contributed by atoms with E-state index in [1.807, 2.05) is 6.07 Å². The van der Waals surface area contributed by atoms with E-state index in [-0.39, 0.29) is 12.5 Å². The maximum absolute atomic E-state index is 12.1. The lowest BCUT2D eigenvalue weighted by molar-refractivity contribution is -0.131. The number of carbonyl (C=O) groups excluding carboxylic acids is 1. The summed E-state index contributed by atoms with van der Waals surface area (Å²) in [5.41, 5.74) is 6.88. The van der Waals surface area contributed by atoms with Crippen LogP contribution in [0.4, 0.5) is 0 Å². The zero-order valence-corrected chi connectivity index (χ0v) is 13.0. The molecule has 21 heavy (non-hydrogen) atoms. The Morgan fingerprint density at radius 2 is 2.19 bits per heavy atom. The topological polar surface area (TPSA) is 77.0 Å². The van der Waals surface area contributed by atoms with Crippen molar-refractivity contribution in [3.05, 3.63) is 45.7 Å². The molecule has 0 atom stereocenters. The first kappa shape index (κ1) is 15.8. The van der Waals surface area contributed by atoms with E-state index in [9.17, 15) is 4.79 Å². The van der Waals surface area contributed by atoms with Gasteiger partial charge in [-0.1, -0.05) is 40.5 Å². The summed E-state index contributed by atoms with van der Waals surface area (Å²) in [5, 5.41) is 8.61. The summed E-state index contributed by atoms with van der Waals surface area (Å²) in [6.45, 7) is 0.764. The largest absolute Gasteiger partial charge is 0.340 e. The third-order valence-electron chi connectivity index (χ3n) is 2.96. The third-order valence-corrected chi connectivity index (χ3v) is 3.82. The average molecular weight is 328 g/mol. The minimum atomic E-state index is -0.112. The molecule has 0 spiro atoms. The predicted molar refractivity (Wildman–Crippen MR) is 80.8 cm³/mol. The molecule has 0 aliphatic rings. The van der Waals surface area contributed by atoms with Crippen LogP contribution < -0.4 is 5.73 Å². The molecule has 0 bridgehead atoms. The van der Waals surface area contributed by atoms with E-state index >= 15 is 0 Å². The van der Waals surface area contributed by atoms with Crippen LogP contribution in [-0.4, -0.2) is 32.8 Å². The van der Waals surface area contributed by atoms with E-state index in [1.165, 1.54) is 4.68 Å². The molecule has 2 N–H and O–H groups in total. The Hall–Kier alpha value is -1.63. The van der Waals surface area contributed by atoms with Crippen molar-refractivity contribution in [2.45, 2.75) is 19.6 Å². The zero-order valence-electron chi connectivity index (χ0n) is 11.5. The SMILES string of the molecule is CN(Cc1cccc(Cl)c1Cl)C(=O)Cn1cc(CN)nn1. The molecule has 0 saturated carbocycles. The quantitative estimate of drug-likeness (QED) is 0.906. The first-order chi connectivity index (χ1) is 10.0. The van der Waals surface area contributed by atoms with E-state index in [0.29, 0.717) is 28.8 Å². The highest BCUT2D eigenvalue weighted by Gasteiger charge is 2.13. The van der Waals surface area contributed by atoms with Gasteiger partial charge in [-0.3, -0.25) is 4.79 Å². The highest BCUT2D eigenvalue weighted by atomic mass is 35.5. The highest BCUT2D eigenvalue weighted by molar-refractivity contribution is 6.42. The molecule has 112 valence electrons. The summed E-state index contributed by atoms with van der Waals surface area (Å²) in [7, 11) is 1.69. The maximum Gasteiger partial charge on any atom is 0.244 e. The Labute approximate surface area is 132 Å². The van der Waals surface area contributed by atoms with Crippen molar-refractivity contribution < 1.29 is 4.79 Å². The van der Waals surface area contributed by atoms with Crippen LogP contribution in [0.5, 0.6) is 0 Å². The van der Waals surface area contributed by atoms with Crippen LogP contribution in [0.2, 0.25) is 10.0 Å². The molecular weight excluding hydrogens is 313 g/mol. The zero-order chi connectivity index (χ0) is 15.4. The van der Waals surface area contributed by atoms with Gasteiger partial charge in [0.05, 0.1) is 21.9 Å². The van der Waals surface area contributed by atoms with Gasteiger partial charge < -0.3 is 10.6 Å². The van der Waals surface area contributed by atoms with E-state index in [4.69, 9.17) is 28.9 Å². The second-order valence-electron chi connectivity index (χ2n) is 4.57. The Morgan fingerprint density at radius 3 is 2.86 bits per heavy atom. The summed E-state index contributed by atoms with van der Waals surface area (Å²) in [5.74, 6) is -0.112. The molecule has 1 amide bonds. The molecule has 0 fully saturated rings. The second kappa shape index (κ2) is 6.89. The monoisotopic (exact) mass is 327 g/mol. The van der Waals surface area contributed by atoms with Gasteiger partial charge in [0.2, 0.25) is 5.91 Å². The van der Waals surface area contributed by atoms with Gasteiger partial charge in [-0.25, -0.2) is 4.68 Å². The number of hydrogen-bond acceptors (Lipinski definition) is 4. The summed E-state index contributed by atoms with van der Waals surface area (Å²) in [6.07, 6.45) is 1.65. The number of nitrogens with zero attached hydrogens (tertiary/aromatic N) is 4. The van der Waals surface area contributed by atoms with Gasteiger partial charge in [-0.2, -0.15) is 0 Å². The van der Waals surface area contributed by atoms with Crippen molar-refractivity contribution >= 4 is 29.1 Å². The first-order valence-corrected chi connectivity index (χ1v) is 7.02. The van der Waals surface area contributed by atoms with Crippen molar-refractivity contribution in [3.8, 4) is 0 Å². The number of likely N-dealkylation sites (N-methyl/N-ethyl adjacent to an activating group) is 1. The van der Waals surface area contributed by atoms with Crippen LogP contribution >= 0.6 is 23.2 Å². The molecule has 0 aliphatic heterocycles. The first-order valence-electron chi connectivity index (χ1n) is 6.27. The standard InChI is InChI=1S/C13H15Cl2N5O/c1-19(6-9-3-2-4-11(14)13(9)15)12(21)8-20-7-10(5-16)17-18-20/h2-4,7H,5-6,8,16H2,1H3. The molecule has 6 nitrogen and oxygen atoms in total. The maximum atomic E-state index is 12.1. The Kier molecular flexibility index (Phi) is 5.17. The van der Waals surface area contributed by atoms with E-state index in [2.05, 4.69) is 10.3 Å². The molecule has 0 unspecified atom stereocenters. The Bertz CT molecular complexity index is 643.